The van der Waals surface area contributed by atoms with E-state index in [9.17, 15) is 18.0 Å². The topological polar surface area (TPSA) is 86.8 Å². The quantitative estimate of drug-likeness (QED) is 0.377. The Morgan fingerprint density at radius 1 is 1.03 bits per heavy atom. The zero-order valence-electron chi connectivity index (χ0n) is 21.2. The Morgan fingerprint density at radius 3 is 2.28 bits per heavy atom. The molecule has 0 aliphatic heterocycles. The largest absolute Gasteiger partial charge is 0.354 e. The first kappa shape index (κ1) is 30.1. The molecule has 0 aliphatic carbocycles. The summed E-state index contributed by atoms with van der Waals surface area (Å²) in [6, 6.07) is 12.6. The standard InChI is InChI=1S/C26H35Cl2N3O4S/c1-5-24(26(33)29-17-19(2)3)31(18-20-13-14-22(27)23(28)16-20)25(32)12-9-15-30(4)36(34,35)21-10-7-6-8-11-21/h6-8,10-11,13-14,16,19,24H,5,9,12,15,17-18H2,1-4H3,(H,29,33)/t24-/m1/s1. The Morgan fingerprint density at radius 2 is 1.69 bits per heavy atom. The minimum absolute atomic E-state index is 0.0872. The van der Waals surface area contributed by atoms with Crippen LogP contribution in [-0.2, 0) is 26.2 Å². The predicted molar refractivity (Wildman–Crippen MR) is 144 cm³/mol. The third-order valence-electron chi connectivity index (χ3n) is 5.72. The maximum atomic E-state index is 13.4. The Labute approximate surface area is 224 Å². The van der Waals surface area contributed by atoms with Crippen molar-refractivity contribution < 1.29 is 18.0 Å². The number of sulfonamides is 1. The molecule has 2 aromatic carbocycles. The van der Waals surface area contributed by atoms with E-state index >= 15 is 0 Å². The van der Waals surface area contributed by atoms with E-state index in [1.165, 1.54) is 23.5 Å². The molecule has 0 spiro atoms. The van der Waals surface area contributed by atoms with Crippen LogP contribution in [0.3, 0.4) is 0 Å². The van der Waals surface area contributed by atoms with E-state index in [-0.39, 0.29) is 42.1 Å². The average Bonchev–Trinajstić information content (AvgIpc) is 2.85. The summed E-state index contributed by atoms with van der Waals surface area (Å²) in [6.45, 7) is 6.71. The lowest BCUT2D eigenvalue weighted by molar-refractivity contribution is -0.141. The SMILES string of the molecule is CC[C@H](C(=O)NCC(C)C)N(Cc1ccc(Cl)c(Cl)c1)C(=O)CCCN(C)S(=O)(=O)c1ccccc1. The van der Waals surface area contributed by atoms with Crippen LogP contribution in [0.25, 0.3) is 0 Å². The van der Waals surface area contributed by atoms with Crippen molar-refractivity contribution in [3.8, 4) is 0 Å². The molecule has 0 aromatic heterocycles. The van der Waals surface area contributed by atoms with Crippen LogP contribution in [-0.4, -0.2) is 55.6 Å². The van der Waals surface area contributed by atoms with Gasteiger partial charge in [-0.05, 0) is 48.6 Å². The summed E-state index contributed by atoms with van der Waals surface area (Å²) in [6.07, 6.45) is 0.826. The number of nitrogens with one attached hydrogen (secondary N) is 1. The van der Waals surface area contributed by atoms with Gasteiger partial charge < -0.3 is 10.2 Å². The summed E-state index contributed by atoms with van der Waals surface area (Å²) in [5.74, 6) is -0.186. The molecule has 0 heterocycles. The molecule has 0 radical (unpaired) electrons. The average molecular weight is 557 g/mol. The number of hydrogen-bond acceptors (Lipinski definition) is 4. The van der Waals surface area contributed by atoms with Gasteiger partial charge >= 0.3 is 0 Å². The van der Waals surface area contributed by atoms with E-state index in [2.05, 4.69) is 5.32 Å². The number of rotatable bonds is 13. The van der Waals surface area contributed by atoms with Crippen molar-refractivity contribution in [2.75, 3.05) is 20.1 Å². The van der Waals surface area contributed by atoms with Crippen LogP contribution in [0.15, 0.2) is 53.4 Å². The van der Waals surface area contributed by atoms with Crippen LogP contribution in [0.2, 0.25) is 10.0 Å². The summed E-state index contributed by atoms with van der Waals surface area (Å²) in [5, 5.41) is 3.69. The molecule has 0 saturated carbocycles. The maximum absolute atomic E-state index is 13.4. The zero-order chi connectivity index (χ0) is 26.9. The Balaban J connectivity index is 2.15. The lowest BCUT2D eigenvalue weighted by Gasteiger charge is -2.31. The molecule has 0 aliphatic rings. The molecular weight excluding hydrogens is 521 g/mol. The minimum atomic E-state index is -3.65. The Kier molecular flexibility index (Phi) is 11.7. The lowest BCUT2D eigenvalue weighted by Crippen LogP contribution is -2.49. The second-order valence-corrected chi connectivity index (χ2v) is 11.9. The lowest BCUT2D eigenvalue weighted by atomic mass is 10.1. The highest BCUT2D eigenvalue weighted by Gasteiger charge is 2.29. The number of amides is 2. The van der Waals surface area contributed by atoms with Crippen molar-refractivity contribution in [1.29, 1.82) is 0 Å². The fourth-order valence-electron chi connectivity index (χ4n) is 3.67. The first-order valence-corrected chi connectivity index (χ1v) is 14.2. The molecule has 10 heteroatoms. The molecule has 2 amide bonds. The Hall–Kier alpha value is -2.13. The van der Waals surface area contributed by atoms with Crippen LogP contribution in [0, 0.1) is 5.92 Å². The number of hydrogen-bond donors (Lipinski definition) is 1. The summed E-state index contributed by atoms with van der Waals surface area (Å²) < 4.78 is 26.8. The molecule has 0 fully saturated rings. The highest BCUT2D eigenvalue weighted by atomic mass is 35.5. The molecule has 36 heavy (non-hydrogen) atoms. The van der Waals surface area contributed by atoms with Gasteiger partial charge in [-0.15, -0.1) is 0 Å². The van der Waals surface area contributed by atoms with E-state index in [1.807, 2.05) is 20.8 Å². The summed E-state index contributed by atoms with van der Waals surface area (Å²) in [7, 11) is -2.15. The van der Waals surface area contributed by atoms with Gasteiger partial charge in [-0.2, -0.15) is 0 Å². The van der Waals surface area contributed by atoms with Gasteiger partial charge in [0.05, 0.1) is 14.9 Å². The van der Waals surface area contributed by atoms with Gasteiger partial charge in [0.15, 0.2) is 0 Å². The summed E-state index contributed by atoms with van der Waals surface area (Å²) in [5.41, 5.74) is 0.747. The van der Waals surface area contributed by atoms with Crippen LogP contribution in [0.1, 0.15) is 45.6 Å². The van der Waals surface area contributed by atoms with Crippen molar-refractivity contribution in [2.24, 2.45) is 5.92 Å². The van der Waals surface area contributed by atoms with Crippen molar-refractivity contribution in [2.45, 2.75) is 57.5 Å². The zero-order valence-corrected chi connectivity index (χ0v) is 23.5. The van der Waals surface area contributed by atoms with Gasteiger partial charge in [-0.25, -0.2) is 12.7 Å². The van der Waals surface area contributed by atoms with E-state index < -0.39 is 16.1 Å². The summed E-state index contributed by atoms with van der Waals surface area (Å²) >= 11 is 12.2. The van der Waals surface area contributed by atoms with Crippen molar-refractivity contribution >= 4 is 45.0 Å². The van der Waals surface area contributed by atoms with Gasteiger partial charge in [0.1, 0.15) is 6.04 Å². The van der Waals surface area contributed by atoms with Crippen LogP contribution >= 0.6 is 23.2 Å². The second-order valence-electron chi connectivity index (χ2n) is 9.08. The first-order chi connectivity index (χ1) is 17.0. The van der Waals surface area contributed by atoms with Crippen molar-refractivity contribution in [3.05, 3.63) is 64.1 Å². The van der Waals surface area contributed by atoms with E-state index in [4.69, 9.17) is 23.2 Å². The second kappa shape index (κ2) is 14.0. The van der Waals surface area contributed by atoms with Crippen molar-refractivity contribution in [3.63, 3.8) is 0 Å². The normalized spacial score (nSPS) is 12.6. The molecular formula is C26H35Cl2N3O4S. The van der Waals surface area contributed by atoms with E-state index in [0.29, 0.717) is 29.4 Å². The molecule has 0 saturated heterocycles. The van der Waals surface area contributed by atoms with Crippen LogP contribution in [0.4, 0.5) is 0 Å². The smallest absolute Gasteiger partial charge is 0.242 e. The van der Waals surface area contributed by atoms with Gasteiger partial charge in [0.25, 0.3) is 0 Å². The third kappa shape index (κ3) is 8.47. The molecule has 1 atom stereocenters. The summed E-state index contributed by atoms with van der Waals surface area (Å²) in [4.78, 5) is 28.1. The number of carbonyl (C=O) groups is 2. The third-order valence-corrected chi connectivity index (χ3v) is 8.33. The monoisotopic (exact) mass is 555 g/mol. The molecule has 2 rings (SSSR count). The fourth-order valence-corrected chi connectivity index (χ4v) is 5.22. The van der Waals surface area contributed by atoms with Gasteiger partial charge in [-0.1, -0.05) is 68.2 Å². The number of carbonyl (C=O) groups excluding carboxylic acids is 2. The van der Waals surface area contributed by atoms with Gasteiger partial charge in [0, 0.05) is 33.1 Å². The highest BCUT2D eigenvalue weighted by Crippen LogP contribution is 2.24. The predicted octanol–water partition coefficient (Wildman–Crippen LogP) is 4.97. The first-order valence-electron chi connectivity index (χ1n) is 12.0. The molecule has 2 aromatic rings. The molecule has 0 unspecified atom stereocenters. The van der Waals surface area contributed by atoms with Gasteiger partial charge in [0.2, 0.25) is 21.8 Å². The number of benzene rings is 2. The molecule has 1 N–H and O–H groups in total. The number of halogens is 2. The molecule has 7 nitrogen and oxygen atoms in total. The van der Waals surface area contributed by atoms with E-state index in [0.717, 1.165) is 5.56 Å². The Bertz CT molecular complexity index is 1130. The van der Waals surface area contributed by atoms with Crippen molar-refractivity contribution in [1.82, 2.24) is 14.5 Å². The maximum Gasteiger partial charge on any atom is 0.242 e. The fraction of sp³-hybridized carbons (Fsp3) is 0.462. The van der Waals surface area contributed by atoms with Crippen LogP contribution < -0.4 is 5.32 Å². The van der Waals surface area contributed by atoms with Crippen LogP contribution in [0.5, 0.6) is 0 Å². The molecule has 0 bridgehead atoms. The van der Waals surface area contributed by atoms with E-state index in [1.54, 1.807) is 41.3 Å². The molecule has 198 valence electrons. The van der Waals surface area contributed by atoms with Gasteiger partial charge in [-0.3, -0.25) is 9.59 Å². The highest BCUT2D eigenvalue weighted by molar-refractivity contribution is 7.89. The minimum Gasteiger partial charge on any atom is -0.354 e. The number of nitrogens with zero attached hydrogens (tertiary/aromatic N) is 2.